The molecule has 0 radical (unpaired) electrons. The normalized spacial score (nSPS) is 13.4. The van der Waals surface area contributed by atoms with Crippen LogP contribution >= 0.6 is 0 Å². The predicted molar refractivity (Wildman–Crippen MR) is 200 cm³/mol. The van der Waals surface area contributed by atoms with E-state index in [2.05, 4.69) is 48.5 Å². The molecule has 3 aromatic carbocycles. The van der Waals surface area contributed by atoms with Crippen molar-refractivity contribution in [1.29, 1.82) is 0 Å². The molecular weight excluding hydrogens is 606 g/mol. The van der Waals surface area contributed by atoms with E-state index >= 15 is 0 Å². The van der Waals surface area contributed by atoms with Gasteiger partial charge < -0.3 is 15.4 Å². The summed E-state index contributed by atoms with van der Waals surface area (Å²) in [6, 6.07) is 29.6. The fourth-order valence-corrected chi connectivity index (χ4v) is 6.05. The zero-order chi connectivity index (χ0) is 34.0. The highest BCUT2D eigenvalue weighted by atomic mass is 16.5. The van der Waals surface area contributed by atoms with Crippen LogP contribution < -0.4 is 20.9 Å². The summed E-state index contributed by atoms with van der Waals surface area (Å²) in [7, 11) is 0. The molecule has 2 heterocycles. The molecule has 6 rings (SSSR count). The third kappa shape index (κ3) is 8.54. The van der Waals surface area contributed by atoms with Crippen LogP contribution in [0.2, 0.25) is 0 Å². The van der Waals surface area contributed by atoms with Gasteiger partial charge in [-0.15, -0.1) is 0 Å². The van der Waals surface area contributed by atoms with E-state index in [-0.39, 0.29) is 11.6 Å². The van der Waals surface area contributed by atoms with Gasteiger partial charge in [0, 0.05) is 36.2 Å². The van der Waals surface area contributed by atoms with Crippen LogP contribution in [0.1, 0.15) is 69.2 Å². The zero-order valence-electron chi connectivity index (χ0n) is 28.7. The number of hydrogen-bond donors (Lipinski definition) is 2. The van der Waals surface area contributed by atoms with Crippen LogP contribution in [0.5, 0.6) is 11.5 Å². The molecule has 0 bridgehead atoms. The molecule has 1 unspecified atom stereocenters. The molecule has 0 spiro atoms. The third-order valence-electron chi connectivity index (χ3n) is 8.96. The quantitative estimate of drug-likeness (QED) is 0.125. The molecule has 1 atom stereocenters. The maximum absolute atomic E-state index is 14.3. The number of pyridine rings is 1. The summed E-state index contributed by atoms with van der Waals surface area (Å²) in [5.74, 6) is 2.20. The molecule has 250 valence electrons. The average molecular weight is 652 g/mol. The minimum Gasteiger partial charge on any atom is -0.457 e. The Morgan fingerprint density at radius 1 is 0.939 bits per heavy atom. The van der Waals surface area contributed by atoms with E-state index in [0.717, 1.165) is 54.0 Å². The topological polar surface area (TPSA) is 81.1 Å². The predicted octanol–water partition coefficient (Wildman–Crippen LogP) is 9.35. The highest BCUT2D eigenvalue weighted by molar-refractivity contribution is 5.58. The van der Waals surface area contributed by atoms with E-state index in [1.807, 2.05) is 102 Å². The Balaban J connectivity index is 1.24. The largest absolute Gasteiger partial charge is 0.457 e. The first kappa shape index (κ1) is 33.5. The van der Waals surface area contributed by atoms with Gasteiger partial charge in [0.25, 0.3) is 5.56 Å². The van der Waals surface area contributed by atoms with Gasteiger partial charge in [0.05, 0.1) is 12.7 Å². The average Bonchev–Trinajstić information content (AvgIpc) is 3.10. The number of allylic oxidation sites excluding steroid dienone is 2. The number of ether oxygens (including phenoxy) is 1. The Hall–Kier alpha value is -5.43. The van der Waals surface area contributed by atoms with Crippen LogP contribution in [0, 0.1) is 0 Å². The smallest absolute Gasteiger partial charge is 0.277 e. The molecule has 7 nitrogen and oxygen atoms in total. The Morgan fingerprint density at radius 3 is 2.35 bits per heavy atom. The summed E-state index contributed by atoms with van der Waals surface area (Å²) in [6.07, 6.45) is 13.1. The van der Waals surface area contributed by atoms with Gasteiger partial charge in [0.15, 0.2) is 0 Å². The van der Waals surface area contributed by atoms with Crippen LogP contribution in [0.3, 0.4) is 0 Å². The lowest BCUT2D eigenvalue weighted by atomic mass is 9.90. The zero-order valence-corrected chi connectivity index (χ0v) is 28.7. The minimum absolute atomic E-state index is 0.101. The van der Waals surface area contributed by atoms with E-state index in [1.54, 1.807) is 6.20 Å². The van der Waals surface area contributed by atoms with Crippen molar-refractivity contribution < 1.29 is 4.74 Å². The van der Waals surface area contributed by atoms with Crippen molar-refractivity contribution in [2.45, 2.75) is 65.5 Å². The van der Waals surface area contributed by atoms with Gasteiger partial charge in [-0.25, -0.2) is 4.98 Å². The molecule has 1 aliphatic rings. The Bertz CT molecular complexity index is 1960. The second-order valence-corrected chi connectivity index (χ2v) is 12.7. The Kier molecular flexibility index (Phi) is 11.0. The van der Waals surface area contributed by atoms with E-state index in [4.69, 9.17) is 9.72 Å². The lowest BCUT2D eigenvalue weighted by molar-refractivity contribution is 0.482. The standard InChI is InChI=1S/C42H45N5O2/c1-4-12-33-23-24-43-27-36(33)25-30(2)26-44-40(34-15-11-16-34)29-47-41(35-13-7-5-8-14-35)45-28-39(42(47)48)46-31(3)32-19-21-38(22-20-32)49-37-17-9-6-10-18-37/h5-10,13-14,17-25,27-28,31,44,46H,4,11-12,15-16,26,29H2,1-3H3/b30-25+. The minimum atomic E-state index is -0.128. The SMILES string of the molecule is CCCc1ccncc1/C=C(\C)CNC(Cn1c(-c2ccccc2)ncc(NC(C)c2ccc(Oc3ccccc3)cc2)c1=O)=C1CCC1. The number of nitrogens with one attached hydrogen (secondary N) is 2. The highest BCUT2D eigenvalue weighted by Gasteiger charge is 2.20. The van der Waals surface area contributed by atoms with E-state index in [9.17, 15) is 4.79 Å². The fraction of sp³-hybridized carbons (Fsp3) is 0.262. The first-order valence-electron chi connectivity index (χ1n) is 17.3. The third-order valence-corrected chi connectivity index (χ3v) is 8.96. The van der Waals surface area contributed by atoms with Crippen LogP contribution in [0.15, 0.2) is 131 Å². The van der Waals surface area contributed by atoms with Crippen LogP contribution in [-0.2, 0) is 13.0 Å². The van der Waals surface area contributed by atoms with Crippen LogP contribution in [-0.4, -0.2) is 21.1 Å². The number of benzene rings is 3. The Morgan fingerprint density at radius 2 is 1.65 bits per heavy atom. The number of para-hydroxylation sites is 1. The number of aryl methyl sites for hydroxylation is 1. The van der Waals surface area contributed by atoms with Crippen molar-refractivity contribution in [3.05, 3.63) is 153 Å². The molecule has 1 fully saturated rings. The van der Waals surface area contributed by atoms with Crippen molar-refractivity contribution in [3.63, 3.8) is 0 Å². The highest BCUT2D eigenvalue weighted by Crippen LogP contribution is 2.30. The maximum Gasteiger partial charge on any atom is 0.277 e. The molecular formula is C42H45N5O2. The maximum atomic E-state index is 14.3. The second-order valence-electron chi connectivity index (χ2n) is 12.7. The lowest BCUT2D eigenvalue weighted by Gasteiger charge is -2.25. The van der Waals surface area contributed by atoms with Gasteiger partial charge in [-0.3, -0.25) is 14.3 Å². The molecule has 0 amide bonds. The van der Waals surface area contributed by atoms with Crippen molar-refractivity contribution >= 4 is 11.8 Å². The molecule has 1 saturated carbocycles. The number of hydrogen-bond acceptors (Lipinski definition) is 6. The number of nitrogens with zero attached hydrogens (tertiary/aromatic N) is 3. The summed E-state index contributed by atoms with van der Waals surface area (Å²) in [5.41, 5.74) is 8.46. The molecule has 1 aliphatic carbocycles. The second kappa shape index (κ2) is 16.1. The van der Waals surface area contributed by atoms with E-state index in [0.29, 0.717) is 24.6 Å². The van der Waals surface area contributed by atoms with Gasteiger partial charge in [-0.2, -0.15) is 0 Å². The molecule has 2 N–H and O–H groups in total. The van der Waals surface area contributed by atoms with Crippen molar-refractivity contribution in [2.24, 2.45) is 0 Å². The molecule has 49 heavy (non-hydrogen) atoms. The number of aromatic nitrogens is 3. The van der Waals surface area contributed by atoms with Crippen molar-refractivity contribution in [1.82, 2.24) is 19.9 Å². The van der Waals surface area contributed by atoms with Crippen molar-refractivity contribution in [3.8, 4) is 22.9 Å². The molecule has 5 aromatic rings. The first-order valence-corrected chi connectivity index (χ1v) is 17.3. The Labute approximate surface area is 289 Å². The van der Waals surface area contributed by atoms with Gasteiger partial charge in [-0.05, 0) is 92.1 Å². The number of rotatable bonds is 14. The van der Waals surface area contributed by atoms with Crippen molar-refractivity contribution in [2.75, 3.05) is 11.9 Å². The van der Waals surface area contributed by atoms with Gasteiger partial charge in [0.1, 0.15) is 23.0 Å². The lowest BCUT2D eigenvalue weighted by Crippen LogP contribution is -2.31. The summed E-state index contributed by atoms with van der Waals surface area (Å²) in [4.78, 5) is 23.5. The van der Waals surface area contributed by atoms with Crippen LogP contribution in [0.25, 0.3) is 17.5 Å². The van der Waals surface area contributed by atoms with Gasteiger partial charge in [0.2, 0.25) is 0 Å². The molecule has 2 aromatic heterocycles. The fourth-order valence-electron chi connectivity index (χ4n) is 6.05. The summed E-state index contributed by atoms with van der Waals surface area (Å²) >= 11 is 0. The monoisotopic (exact) mass is 651 g/mol. The van der Waals surface area contributed by atoms with Gasteiger partial charge in [-0.1, -0.05) is 85.7 Å². The van der Waals surface area contributed by atoms with Gasteiger partial charge >= 0.3 is 0 Å². The molecule has 0 aliphatic heterocycles. The number of anilines is 1. The summed E-state index contributed by atoms with van der Waals surface area (Å²) < 4.78 is 7.78. The molecule has 0 saturated heterocycles. The van der Waals surface area contributed by atoms with E-state index in [1.165, 1.54) is 28.7 Å². The van der Waals surface area contributed by atoms with Crippen LogP contribution in [0.4, 0.5) is 5.69 Å². The summed E-state index contributed by atoms with van der Waals surface area (Å²) in [5, 5.41) is 7.18. The molecule has 7 heteroatoms. The summed E-state index contributed by atoms with van der Waals surface area (Å²) in [6.45, 7) is 7.50. The first-order chi connectivity index (χ1) is 24.0. The van der Waals surface area contributed by atoms with E-state index < -0.39 is 0 Å².